The molecule has 9 nitrogen and oxygen atoms in total. The van der Waals surface area contributed by atoms with Crippen molar-refractivity contribution in [2.75, 3.05) is 11.9 Å². The highest BCUT2D eigenvalue weighted by molar-refractivity contribution is 5.98. The first-order valence-corrected chi connectivity index (χ1v) is 9.60. The van der Waals surface area contributed by atoms with Gasteiger partial charge in [-0.2, -0.15) is 10.4 Å². The van der Waals surface area contributed by atoms with Crippen LogP contribution in [0.1, 0.15) is 35.7 Å². The number of aromatic nitrogens is 2. The molecule has 1 aromatic heterocycles. The molecule has 3 rings (SSSR count). The molecule has 0 spiro atoms. The third kappa shape index (κ3) is 4.59. The molecule has 160 valence electrons. The van der Waals surface area contributed by atoms with E-state index in [-0.39, 0.29) is 17.9 Å². The van der Waals surface area contributed by atoms with Crippen molar-refractivity contribution in [3.63, 3.8) is 0 Å². The molecule has 0 saturated carbocycles. The van der Waals surface area contributed by atoms with Gasteiger partial charge in [-0.15, -0.1) is 12.3 Å². The van der Waals surface area contributed by atoms with E-state index < -0.39 is 35.8 Å². The van der Waals surface area contributed by atoms with Crippen LogP contribution in [-0.4, -0.2) is 44.4 Å². The quantitative estimate of drug-likeness (QED) is 0.610. The number of hydrogen-bond donors (Lipinski definition) is 3. The fraction of sp³-hybridized carbons (Fsp3) is 0.333. The van der Waals surface area contributed by atoms with E-state index in [4.69, 9.17) is 12.2 Å². The van der Waals surface area contributed by atoms with E-state index >= 15 is 0 Å². The zero-order valence-corrected chi connectivity index (χ0v) is 16.5. The normalized spacial score (nSPS) is 20.5. The number of carbonyl (C=O) groups excluding carboxylic acids is 1. The first-order chi connectivity index (χ1) is 14.8. The highest BCUT2D eigenvalue weighted by Crippen LogP contribution is 2.36. The molecule has 2 amide bonds. The first-order valence-electron chi connectivity index (χ1n) is 9.60. The molecule has 1 aliphatic rings. The van der Waals surface area contributed by atoms with E-state index in [2.05, 4.69) is 22.4 Å². The Kier molecular flexibility index (Phi) is 6.41. The van der Waals surface area contributed by atoms with Gasteiger partial charge in [0.2, 0.25) is 0 Å². The number of primary amides is 1. The van der Waals surface area contributed by atoms with Crippen molar-refractivity contribution in [2.24, 2.45) is 11.7 Å². The van der Waals surface area contributed by atoms with E-state index in [1.54, 1.807) is 0 Å². The Morgan fingerprint density at radius 1 is 1.39 bits per heavy atom. The van der Waals surface area contributed by atoms with Gasteiger partial charge < -0.3 is 21.1 Å². The average molecular weight is 424 g/mol. The second kappa shape index (κ2) is 9.18. The number of nitrogens with two attached hydrogens (primary N) is 1. The number of carbonyl (C=O) groups is 2. The van der Waals surface area contributed by atoms with Crippen molar-refractivity contribution < 1.29 is 19.1 Å². The van der Waals surface area contributed by atoms with Crippen LogP contribution in [0.3, 0.4) is 0 Å². The number of nitrogens with zero attached hydrogens (tertiary/aromatic N) is 4. The van der Waals surface area contributed by atoms with Gasteiger partial charge in [0.05, 0.1) is 24.1 Å². The predicted octanol–water partition coefficient (Wildman–Crippen LogP) is 2.71. The maximum absolute atomic E-state index is 13.2. The second-order valence-corrected chi connectivity index (χ2v) is 7.16. The average Bonchev–Trinajstić information content (AvgIpc) is 3.16. The Bertz CT molecular complexity index is 1050. The number of carboxylic acid groups (broad SMARTS) is 1. The first kappa shape index (κ1) is 21.7. The van der Waals surface area contributed by atoms with Crippen molar-refractivity contribution in [3.05, 3.63) is 41.8 Å². The number of terminal acetylenes is 1. The smallest absolute Gasteiger partial charge is 0.407 e. The Morgan fingerprint density at radius 2 is 2.10 bits per heavy atom. The highest BCUT2D eigenvalue weighted by Gasteiger charge is 2.41. The van der Waals surface area contributed by atoms with Crippen molar-refractivity contribution in [1.29, 1.82) is 5.26 Å². The van der Waals surface area contributed by atoms with Gasteiger partial charge in [-0.25, -0.2) is 9.18 Å². The molecule has 2 aromatic rings. The van der Waals surface area contributed by atoms with Gasteiger partial charge in [-0.1, -0.05) is 0 Å². The summed E-state index contributed by atoms with van der Waals surface area (Å²) in [5, 5.41) is 26.7. The van der Waals surface area contributed by atoms with Crippen LogP contribution >= 0.6 is 0 Å². The van der Waals surface area contributed by atoms with E-state index in [1.807, 2.05) is 0 Å². The molecule has 3 unspecified atom stereocenters. The fourth-order valence-corrected chi connectivity index (χ4v) is 3.84. The van der Waals surface area contributed by atoms with Gasteiger partial charge in [-0.3, -0.25) is 9.48 Å². The molecule has 1 aliphatic heterocycles. The van der Waals surface area contributed by atoms with Crippen LogP contribution in [-0.2, 0) is 0 Å². The number of halogens is 1. The number of amides is 2. The van der Waals surface area contributed by atoms with Crippen LogP contribution < -0.4 is 11.1 Å². The van der Waals surface area contributed by atoms with Crippen LogP contribution in [0.5, 0.6) is 0 Å². The SMILES string of the molecule is C#CCCC1C(C#N)C(n2cc(C(N)=O)c(Nc3ccc(F)cc3)n2)CCN1C(=O)O. The zero-order valence-electron chi connectivity index (χ0n) is 16.5. The summed E-state index contributed by atoms with van der Waals surface area (Å²) in [7, 11) is 0. The van der Waals surface area contributed by atoms with Crippen molar-refractivity contribution in [2.45, 2.75) is 31.3 Å². The minimum absolute atomic E-state index is 0.0989. The summed E-state index contributed by atoms with van der Waals surface area (Å²) < 4.78 is 14.6. The highest BCUT2D eigenvalue weighted by atomic mass is 19.1. The zero-order chi connectivity index (χ0) is 22.5. The standard InChI is InChI=1S/C21H21FN6O3/c1-2-3-4-17-15(11-23)18(9-10-27(17)21(30)31)28-12-16(19(24)29)20(26-28)25-14-7-5-13(22)6-8-14/h1,5-8,12,15,17-18H,3-4,9-10H2,(H2,24,29)(H,25,26)(H,30,31). The number of benzene rings is 1. The lowest BCUT2D eigenvalue weighted by Crippen LogP contribution is -2.51. The van der Waals surface area contributed by atoms with Crippen molar-refractivity contribution in [1.82, 2.24) is 14.7 Å². The summed E-state index contributed by atoms with van der Waals surface area (Å²) >= 11 is 0. The maximum atomic E-state index is 13.2. The Morgan fingerprint density at radius 3 is 2.68 bits per heavy atom. The van der Waals surface area contributed by atoms with E-state index in [0.29, 0.717) is 24.9 Å². The number of hydrogen-bond acceptors (Lipinski definition) is 5. The third-order valence-corrected chi connectivity index (χ3v) is 5.32. The number of likely N-dealkylation sites (tertiary alicyclic amines) is 1. The molecule has 3 atom stereocenters. The van der Waals surface area contributed by atoms with Gasteiger partial charge in [0.25, 0.3) is 5.91 Å². The molecule has 10 heteroatoms. The van der Waals surface area contributed by atoms with Gasteiger partial charge in [-0.05, 0) is 37.1 Å². The number of anilines is 2. The van der Waals surface area contributed by atoms with Crippen molar-refractivity contribution >= 4 is 23.5 Å². The van der Waals surface area contributed by atoms with Gasteiger partial charge in [0, 0.05) is 24.8 Å². The molecular weight excluding hydrogens is 403 g/mol. The number of rotatable bonds is 6. The molecule has 0 radical (unpaired) electrons. The fourth-order valence-electron chi connectivity index (χ4n) is 3.84. The Hall–Kier alpha value is -4.05. The molecule has 1 aromatic carbocycles. The third-order valence-electron chi connectivity index (χ3n) is 5.32. The molecule has 1 fully saturated rings. The molecule has 2 heterocycles. The van der Waals surface area contributed by atoms with E-state index in [0.717, 1.165) is 0 Å². The monoisotopic (exact) mass is 424 g/mol. The van der Waals surface area contributed by atoms with Gasteiger partial charge in [0.15, 0.2) is 5.82 Å². The summed E-state index contributed by atoms with van der Waals surface area (Å²) in [5.41, 5.74) is 6.09. The summed E-state index contributed by atoms with van der Waals surface area (Å²) in [6.07, 6.45) is 6.65. The Balaban J connectivity index is 1.94. The lowest BCUT2D eigenvalue weighted by Gasteiger charge is -2.41. The number of nitrogens with one attached hydrogen (secondary N) is 1. The molecule has 31 heavy (non-hydrogen) atoms. The Labute approximate surface area is 178 Å². The van der Waals surface area contributed by atoms with Crippen LogP contribution in [0.25, 0.3) is 0 Å². The topological polar surface area (TPSA) is 137 Å². The van der Waals surface area contributed by atoms with Gasteiger partial charge in [0.1, 0.15) is 11.4 Å². The minimum atomic E-state index is -1.11. The van der Waals surface area contributed by atoms with Crippen LogP contribution in [0, 0.1) is 35.4 Å². The molecular formula is C21H21FN6O3. The summed E-state index contributed by atoms with van der Waals surface area (Å²) in [5.74, 6) is 0.786. The lowest BCUT2D eigenvalue weighted by atomic mass is 9.83. The summed E-state index contributed by atoms with van der Waals surface area (Å²) in [6.45, 7) is 0.194. The van der Waals surface area contributed by atoms with E-state index in [9.17, 15) is 24.3 Å². The summed E-state index contributed by atoms with van der Waals surface area (Å²) in [4.78, 5) is 24.8. The predicted molar refractivity (Wildman–Crippen MR) is 110 cm³/mol. The molecule has 0 aliphatic carbocycles. The number of piperidine rings is 1. The second-order valence-electron chi connectivity index (χ2n) is 7.16. The van der Waals surface area contributed by atoms with Crippen LogP contribution in [0.4, 0.5) is 20.7 Å². The maximum Gasteiger partial charge on any atom is 0.407 e. The number of nitriles is 1. The van der Waals surface area contributed by atoms with Crippen molar-refractivity contribution in [3.8, 4) is 18.4 Å². The van der Waals surface area contributed by atoms with Crippen LogP contribution in [0.15, 0.2) is 30.5 Å². The van der Waals surface area contributed by atoms with E-state index in [1.165, 1.54) is 40.0 Å². The van der Waals surface area contributed by atoms with Crippen LogP contribution in [0.2, 0.25) is 0 Å². The molecule has 1 saturated heterocycles. The van der Waals surface area contributed by atoms with Gasteiger partial charge >= 0.3 is 6.09 Å². The lowest BCUT2D eigenvalue weighted by molar-refractivity contribution is 0.0638. The minimum Gasteiger partial charge on any atom is -0.465 e. The largest absolute Gasteiger partial charge is 0.465 e. The molecule has 0 bridgehead atoms. The molecule has 4 N–H and O–H groups in total. The summed E-state index contributed by atoms with van der Waals surface area (Å²) in [6, 6.07) is 6.59.